The normalized spacial score (nSPS) is 11.7. The zero-order valence-corrected chi connectivity index (χ0v) is 15.6. The number of halogens is 5. The lowest BCUT2D eigenvalue weighted by molar-refractivity contribution is -0.140. The maximum atomic E-state index is 14.0. The van der Waals surface area contributed by atoms with Crippen LogP contribution in [-0.2, 0) is 10.9 Å². The molecule has 0 aliphatic heterocycles. The Kier molecular flexibility index (Phi) is 6.15. The maximum Gasteiger partial charge on any atom is 0.419 e. The summed E-state index contributed by atoms with van der Waals surface area (Å²) in [7, 11) is 0. The van der Waals surface area contributed by atoms with Gasteiger partial charge in [0, 0.05) is 11.3 Å². The Morgan fingerprint density at radius 1 is 0.897 bits per heavy atom. The van der Waals surface area contributed by atoms with Crippen molar-refractivity contribution in [3.63, 3.8) is 0 Å². The topological polar surface area (TPSA) is 67.4 Å². The van der Waals surface area contributed by atoms with Crippen LogP contribution in [0, 0.1) is 11.6 Å². The highest BCUT2D eigenvalue weighted by Crippen LogP contribution is 2.31. The molecule has 0 saturated carbocycles. The van der Waals surface area contributed by atoms with Gasteiger partial charge in [-0.1, -0.05) is 0 Å². The first-order chi connectivity index (χ1) is 13.3. The van der Waals surface area contributed by atoms with Crippen molar-refractivity contribution in [1.29, 1.82) is 0 Å². The molecule has 156 valence electrons. The van der Waals surface area contributed by atoms with Gasteiger partial charge in [0.05, 0.1) is 11.3 Å². The first-order valence-corrected chi connectivity index (χ1v) is 8.24. The number of rotatable bonds is 3. The number of hydrogen-bond donors (Lipinski definition) is 2. The molecular formula is C19H17F5N2O3. The van der Waals surface area contributed by atoms with Crippen LogP contribution in [0.4, 0.5) is 38.1 Å². The minimum Gasteiger partial charge on any atom is -0.444 e. The second kappa shape index (κ2) is 8.06. The lowest BCUT2D eigenvalue weighted by atomic mass is 10.1. The molecule has 0 bridgehead atoms. The lowest BCUT2D eigenvalue weighted by Gasteiger charge is -2.20. The number of carbonyl (C=O) groups is 2. The highest BCUT2D eigenvalue weighted by Gasteiger charge is 2.34. The lowest BCUT2D eigenvalue weighted by Crippen LogP contribution is -2.27. The van der Waals surface area contributed by atoms with E-state index in [4.69, 9.17) is 4.74 Å². The van der Waals surface area contributed by atoms with E-state index in [-0.39, 0.29) is 11.4 Å². The van der Waals surface area contributed by atoms with E-state index >= 15 is 0 Å². The van der Waals surface area contributed by atoms with E-state index < -0.39 is 46.5 Å². The molecule has 0 aromatic heterocycles. The van der Waals surface area contributed by atoms with Crippen molar-refractivity contribution >= 4 is 23.4 Å². The molecule has 0 spiro atoms. The summed E-state index contributed by atoms with van der Waals surface area (Å²) < 4.78 is 70.4. The Balaban J connectivity index is 2.18. The first kappa shape index (κ1) is 22.1. The second-order valence-electron chi connectivity index (χ2n) is 6.97. The highest BCUT2D eigenvalue weighted by atomic mass is 19.4. The molecule has 2 aromatic carbocycles. The Morgan fingerprint density at radius 3 is 2.10 bits per heavy atom. The largest absolute Gasteiger partial charge is 0.444 e. The highest BCUT2D eigenvalue weighted by molar-refractivity contribution is 6.04. The molecule has 0 atom stereocenters. The second-order valence-corrected chi connectivity index (χ2v) is 6.97. The van der Waals surface area contributed by atoms with Gasteiger partial charge in [-0.25, -0.2) is 13.6 Å². The number of ether oxygens (including phenoxy) is 1. The third-order valence-corrected chi connectivity index (χ3v) is 3.40. The summed E-state index contributed by atoms with van der Waals surface area (Å²) in [6.45, 7) is 4.93. The van der Waals surface area contributed by atoms with Crippen LogP contribution in [-0.4, -0.2) is 17.6 Å². The van der Waals surface area contributed by atoms with Crippen molar-refractivity contribution < 1.29 is 36.3 Å². The monoisotopic (exact) mass is 416 g/mol. The summed E-state index contributed by atoms with van der Waals surface area (Å²) >= 11 is 0. The van der Waals surface area contributed by atoms with Gasteiger partial charge in [0.25, 0.3) is 5.91 Å². The standard InChI is InChI=1S/C19H17F5N2O3/c1-18(2,3)29-17(28)25-11-5-7-13(20)15(9-11)26-16(27)10-4-6-12(14(21)8-10)19(22,23)24/h4-9H,1-3H3,(H,25,28)(H,26,27). The summed E-state index contributed by atoms with van der Waals surface area (Å²) in [5.74, 6) is -3.54. The number of nitrogens with one attached hydrogen (secondary N) is 2. The average molecular weight is 416 g/mol. The fourth-order valence-electron chi connectivity index (χ4n) is 2.20. The molecule has 2 amide bonds. The molecule has 10 heteroatoms. The van der Waals surface area contributed by atoms with Gasteiger partial charge >= 0.3 is 12.3 Å². The van der Waals surface area contributed by atoms with Crippen molar-refractivity contribution in [2.24, 2.45) is 0 Å². The van der Waals surface area contributed by atoms with E-state index in [0.29, 0.717) is 12.1 Å². The smallest absolute Gasteiger partial charge is 0.419 e. The summed E-state index contributed by atoms with van der Waals surface area (Å²) in [6, 6.07) is 4.84. The van der Waals surface area contributed by atoms with Gasteiger partial charge in [-0.3, -0.25) is 10.1 Å². The van der Waals surface area contributed by atoms with Gasteiger partial charge in [0.2, 0.25) is 0 Å². The van der Waals surface area contributed by atoms with Crippen molar-refractivity contribution in [1.82, 2.24) is 0 Å². The summed E-state index contributed by atoms with van der Waals surface area (Å²) in [6.07, 6.45) is -5.72. The van der Waals surface area contributed by atoms with Gasteiger partial charge in [0.15, 0.2) is 0 Å². The summed E-state index contributed by atoms with van der Waals surface area (Å²) in [5, 5.41) is 4.47. The van der Waals surface area contributed by atoms with Crippen LogP contribution < -0.4 is 10.6 Å². The number of alkyl halides is 3. The van der Waals surface area contributed by atoms with Gasteiger partial charge in [0.1, 0.15) is 17.2 Å². The van der Waals surface area contributed by atoms with Crippen molar-refractivity contribution in [3.05, 3.63) is 59.2 Å². The molecular weight excluding hydrogens is 399 g/mol. The SMILES string of the molecule is CC(C)(C)OC(=O)Nc1ccc(F)c(NC(=O)c2ccc(C(F)(F)F)c(F)c2)c1. The average Bonchev–Trinajstić information content (AvgIpc) is 2.54. The number of hydrogen-bond acceptors (Lipinski definition) is 3. The minimum absolute atomic E-state index is 0.0922. The van der Waals surface area contributed by atoms with Gasteiger partial charge < -0.3 is 10.1 Å². The Labute approximate surface area is 162 Å². The molecule has 0 saturated heterocycles. The van der Waals surface area contributed by atoms with E-state index in [2.05, 4.69) is 10.6 Å². The van der Waals surface area contributed by atoms with E-state index in [1.165, 1.54) is 6.07 Å². The predicted molar refractivity (Wildman–Crippen MR) is 95.6 cm³/mol. The van der Waals surface area contributed by atoms with Crippen molar-refractivity contribution in [3.8, 4) is 0 Å². The van der Waals surface area contributed by atoms with Crippen molar-refractivity contribution in [2.45, 2.75) is 32.5 Å². The number of anilines is 2. The number of amides is 2. The molecule has 0 aliphatic rings. The quantitative estimate of drug-likeness (QED) is 0.642. The van der Waals surface area contributed by atoms with Crippen molar-refractivity contribution in [2.75, 3.05) is 10.6 Å². The van der Waals surface area contributed by atoms with E-state index in [0.717, 1.165) is 18.2 Å². The van der Waals surface area contributed by atoms with E-state index in [9.17, 15) is 31.5 Å². The molecule has 0 fully saturated rings. The Bertz CT molecular complexity index is 936. The van der Waals surface area contributed by atoms with Crippen LogP contribution in [0.3, 0.4) is 0 Å². The summed E-state index contributed by atoms with van der Waals surface area (Å²) in [4.78, 5) is 23.9. The van der Waals surface area contributed by atoms with Crippen LogP contribution in [0.1, 0.15) is 36.7 Å². The number of carbonyl (C=O) groups excluding carboxylic acids is 2. The predicted octanol–water partition coefficient (Wildman–Crippen LogP) is 5.58. The fourth-order valence-corrected chi connectivity index (χ4v) is 2.20. The molecule has 5 nitrogen and oxygen atoms in total. The molecule has 2 aromatic rings. The van der Waals surface area contributed by atoms with Gasteiger partial charge in [-0.05, 0) is 57.2 Å². The van der Waals surface area contributed by atoms with Crippen LogP contribution in [0.15, 0.2) is 36.4 Å². The molecule has 0 aliphatic carbocycles. The molecule has 0 heterocycles. The molecule has 0 unspecified atom stereocenters. The van der Waals surface area contributed by atoms with Gasteiger partial charge in [-0.2, -0.15) is 13.2 Å². The molecule has 2 N–H and O–H groups in total. The first-order valence-electron chi connectivity index (χ1n) is 8.24. The Hall–Kier alpha value is -3.17. The zero-order chi connectivity index (χ0) is 22.0. The van der Waals surface area contributed by atoms with E-state index in [1.807, 2.05) is 0 Å². The third-order valence-electron chi connectivity index (χ3n) is 3.40. The van der Waals surface area contributed by atoms with Crippen LogP contribution in [0.5, 0.6) is 0 Å². The molecule has 2 rings (SSSR count). The maximum absolute atomic E-state index is 14.0. The van der Waals surface area contributed by atoms with E-state index in [1.54, 1.807) is 20.8 Å². The Morgan fingerprint density at radius 2 is 1.55 bits per heavy atom. The summed E-state index contributed by atoms with van der Waals surface area (Å²) in [5.41, 5.74) is -3.02. The van der Waals surface area contributed by atoms with Gasteiger partial charge in [-0.15, -0.1) is 0 Å². The fraction of sp³-hybridized carbons (Fsp3) is 0.263. The molecule has 29 heavy (non-hydrogen) atoms. The van der Waals surface area contributed by atoms with Crippen LogP contribution in [0.2, 0.25) is 0 Å². The van der Waals surface area contributed by atoms with Crippen LogP contribution >= 0.6 is 0 Å². The number of benzene rings is 2. The third kappa shape index (κ3) is 6.16. The zero-order valence-electron chi connectivity index (χ0n) is 15.6. The van der Waals surface area contributed by atoms with Crippen LogP contribution in [0.25, 0.3) is 0 Å². The molecule has 0 radical (unpaired) electrons. The minimum atomic E-state index is -4.91.